The van der Waals surface area contributed by atoms with E-state index >= 15 is 0 Å². The van der Waals surface area contributed by atoms with Crippen LogP contribution >= 0.6 is 0 Å². The van der Waals surface area contributed by atoms with E-state index in [9.17, 15) is 18.4 Å². The molecule has 23 heavy (non-hydrogen) atoms. The van der Waals surface area contributed by atoms with Crippen LogP contribution in [0.3, 0.4) is 0 Å². The predicted molar refractivity (Wildman–Crippen MR) is 80.3 cm³/mol. The van der Waals surface area contributed by atoms with E-state index in [1.807, 2.05) is 0 Å². The van der Waals surface area contributed by atoms with Crippen LogP contribution in [0.5, 0.6) is 5.75 Å². The van der Waals surface area contributed by atoms with Crippen molar-refractivity contribution in [1.29, 1.82) is 0 Å². The van der Waals surface area contributed by atoms with Crippen molar-refractivity contribution in [2.45, 2.75) is 38.7 Å². The van der Waals surface area contributed by atoms with E-state index in [-0.39, 0.29) is 29.4 Å². The third-order valence-corrected chi connectivity index (χ3v) is 4.77. The van der Waals surface area contributed by atoms with Gasteiger partial charge in [0.15, 0.2) is 0 Å². The lowest BCUT2D eigenvalue weighted by Gasteiger charge is -2.36. The highest BCUT2D eigenvalue weighted by Crippen LogP contribution is 2.40. The second-order valence-electron chi connectivity index (χ2n) is 6.29. The number of Topliss-reactive ketones (excluding diaryl/α,β-unsaturated/α-hetero) is 1. The molecule has 1 amide bonds. The Morgan fingerprint density at radius 2 is 1.74 bits per heavy atom. The maximum Gasteiger partial charge on any atom is 0.387 e. The zero-order valence-corrected chi connectivity index (χ0v) is 12.6. The number of anilines is 1. The molecule has 1 aromatic rings. The Morgan fingerprint density at radius 3 is 2.30 bits per heavy atom. The van der Waals surface area contributed by atoms with E-state index in [1.165, 1.54) is 24.3 Å². The predicted octanol–water partition coefficient (Wildman–Crippen LogP) is 3.62. The molecule has 0 aliphatic heterocycles. The second kappa shape index (κ2) is 6.64. The summed E-state index contributed by atoms with van der Waals surface area (Å²) in [6.45, 7) is -2.87. The zero-order chi connectivity index (χ0) is 16.4. The Labute approximate surface area is 133 Å². The lowest BCUT2D eigenvalue weighted by Crippen LogP contribution is -2.40. The summed E-state index contributed by atoms with van der Waals surface area (Å²) in [5.41, 5.74) is 0.540. The molecule has 1 aromatic carbocycles. The number of benzene rings is 1. The summed E-state index contributed by atoms with van der Waals surface area (Å²) in [4.78, 5) is 24.4. The molecule has 2 saturated carbocycles. The van der Waals surface area contributed by atoms with E-state index in [0.29, 0.717) is 24.3 Å². The molecular weight excluding hydrogens is 304 g/mol. The molecule has 2 fully saturated rings. The zero-order valence-electron chi connectivity index (χ0n) is 12.6. The van der Waals surface area contributed by atoms with Gasteiger partial charge in [-0.2, -0.15) is 8.78 Å². The van der Waals surface area contributed by atoms with Crippen LogP contribution < -0.4 is 10.1 Å². The number of carbonyl (C=O) groups is 2. The molecular formula is C17H19F2NO3. The Kier molecular flexibility index (Phi) is 4.59. The average molecular weight is 323 g/mol. The number of rotatable bonds is 4. The van der Waals surface area contributed by atoms with Gasteiger partial charge in [-0.25, -0.2) is 0 Å². The van der Waals surface area contributed by atoms with E-state index < -0.39 is 6.61 Å². The van der Waals surface area contributed by atoms with E-state index in [1.54, 1.807) is 0 Å². The van der Waals surface area contributed by atoms with E-state index in [2.05, 4.69) is 10.1 Å². The summed E-state index contributed by atoms with van der Waals surface area (Å²) in [7, 11) is 0. The number of carbonyl (C=O) groups excluding carboxylic acids is 2. The number of hydrogen-bond acceptors (Lipinski definition) is 3. The van der Waals surface area contributed by atoms with E-state index in [4.69, 9.17) is 0 Å². The van der Waals surface area contributed by atoms with Gasteiger partial charge in [-0.15, -0.1) is 0 Å². The Bertz CT molecular complexity index is 572. The van der Waals surface area contributed by atoms with Crippen molar-refractivity contribution in [1.82, 2.24) is 0 Å². The maximum absolute atomic E-state index is 12.4. The van der Waals surface area contributed by atoms with Gasteiger partial charge < -0.3 is 10.1 Å². The van der Waals surface area contributed by atoms with Crippen molar-refractivity contribution in [2.75, 3.05) is 5.32 Å². The molecule has 3 atom stereocenters. The fourth-order valence-corrected chi connectivity index (χ4v) is 3.66. The lowest BCUT2D eigenvalue weighted by molar-refractivity contribution is -0.136. The molecule has 0 aromatic heterocycles. The summed E-state index contributed by atoms with van der Waals surface area (Å²) in [5, 5.41) is 2.80. The molecule has 1 unspecified atom stereocenters. The number of halogens is 2. The van der Waals surface area contributed by atoms with Crippen molar-refractivity contribution >= 4 is 17.4 Å². The maximum atomic E-state index is 12.4. The minimum Gasteiger partial charge on any atom is -0.435 e. The lowest BCUT2D eigenvalue weighted by atomic mass is 9.67. The molecule has 0 heterocycles. The van der Waals surface area contributed by atoms with Gasteiger partial charge in [0.1, 0.15) is 11.5 Å². The van der Waals surface area contributed by atoms with Crippen molar-refractivity contribution in [3.63, 3.8) is 0 Å². The molecule has 1 N–H and O–H groups in total. The minimum absolute atomic E-state index is 0.0278. The highest BCUT2D eigenvalue weighted by molar-refractivity contribution is 5.95. The summed E-state index contributed by atoms with van der Waals surface area (Å²) < 4.78 is 28.5. The van der Waals surface area contributed by atoms with Crippen LogP contribution in [0.25, 0.3) is 0 Å². The van der Waals surface area contributed by atoms with Crippen molar-refractivity contribution in [2.24, 2.45) is 17.8 Å². The van der Waals surface area contributed by atoms with Gasteiger partial charge in [-0.05, 0) is 49.9 Å². The number of nitrogens with one attached hydrogen (secondary N) is 1. The topological polar surface area (TPSA) is 55.4 Å². The molecule has 6 heteroatoms. The number of alkyl halides is 2. The summed E-state index contributed by atoms with van der Waals surface area (Å²) in [6.07, 6.45) is 4.08. The first-order chi connectivity index (χ1) is 11.0. The third-order valence-electron chi connectivity index (χ3n) is 4.77. The Balaban J connectivity index is 1.60. The van der Waals surface area contributed by atoms with Crippen LogP contribution in [0.2, 0.25) is 0 Å². The molecule has 2 bridgehead atoms. The van der Waals surface area contributed by atoms with Crippen LogP contribution in [-0.2, 0) is 9.59 Å². The van der Waals surface area contributed by atoms with E-state index in [0.717, 1.165) is 19.3 Å². The molecule has 0 saturated heterocycles. The SMILES string of the molecule is O=C(Nc1ccc(OC(F)F)cc1)C1C[C@H]2CCC[C@@H](C1)C2=O. The monoisotopic (exact) mass is 323 g/mol. The first-order valence-corrected chi connectivity index (χ1v) is 7.92. The van der Waals surface area contributed by atoms with Gasteiger partial charge in [0.05, 0.1) is 0 Å². The highest BCUT2D eigenvalue weighted by atomic mass is 19.3. The molecule has 3 rings (SSSR count). The van der Waals surface area contributed by atoms with Crippen LogP contribution in [0.4, 0.5) is 14.5 Å². The number of ketones is 1. The van der Waals surface area contributed by atoms with Gasteiger partial charge in [0.25, 0.3) is 0 Å². The number of amides is 1. The van der Waals surface area contributed by atoms with Crippen molar-refractivity contribution in [3.8, 4) is 5.75 Å². The Hall–Kier alpha value is -1.98. The Morgan fingerprint density at radius 1 is 1.13 bits per heavy atom. The average Bonchev–Trinajstić information content (AvgIpc) is 2.48. The van der Waals surface area contributed by atoms with Gasteiger partial charge >= 0.3 is 6.61 Å². The number of hydrogen-bond donors (Lipinski definition) is 1. The third kappa shape index (κ3) is 3.68. The van der Waals surface area contributed by atoms with Crippen LogP contribution in [0.1, 0.15) is 32.1 Å². The first kappa shape index (κ1) is 15.9. The second-order valence-corrected chi connectivity index (χ2v) is 6.29. The number of fused-ring (bicyclic) bond motifs is 2. The summed E-state index contributed by atoms with van der Waals surface area (Å²) in [5.74, 6) is 0.182. The highest BCUT2D eigenvalue weighted by Gasteiger charge is 2.41. The fourth-order valence-electron chi connectivity index (χ4n) is 3.66. The molecule has 2 aliphatic rings. The fraction of sp³-hybridized carbons (Fsp3) is 0.529. The van der Waals surface area contributed by atoms with Crippen LogP contribution in [0.15, 0.2) is 24.3 Å². The van der Waals surface area contributed by atoms with Gasteiger partial charge in [0, 0.05) is 23.4 Å². The standard InChI is InChI=1S/C17H19F2NO3/c18-17(19)23-14-6-4-13(5-7-14)20-16(22)12-8-10-2-1-3-11(9-12)15(10)21/h4-7,10-12,17H,1-3,8-9H2,(H,20,22)/t10-,11+,12?. The first-order valence-electron chi connectivity index (χ1n) is 7.92. The minimum atomic E-state index is -2.87. The molecule has 124 valence electrons. The summed E-state index contributed by atoms with van der Waals surface area (Å²) in [6, 6.07) is 5.84. The summed E-state index contributed by atoms with van der Waals surface area (Å²) >= 11 is 0. The molecule has 4 nitrogen and oxygen atoms in total. The molecule has 0 spiro atoms. The smallest absolute Gasteiger partial charge is 0.387 e. The normalized spacial score (nSPS) is 26.9. The van der Waals surface area contributed by atoms with Crippen LogP contribution in [-0.4, -0.2) is 18.3 Å². The van der Waals surface area contributed by atoms with Crippen molar-refractivity contribution < 1.29 is 23.1 Å². The number of ether oxygens (including phenoxy) is 1. The van der Waals surface area contributed by atoms with Gasteiger partial charge in [-0.1, -0.05) is 6.42 Å². The van der Waals surface area contributed by atoms with Crippen LogP contribution in [0, 0.1) is 17.8 Å². The van der Waals surface area contributed by atoms with Gasteiger partial charge in [0.2, 0.25) is 5.91 Å². The molecule has 0 radical (unpaired) electrons. The largest absolute Gasteiger partial charge is 0.435 e. The van der Waals surface area contributed by atoms with Crippen molar-refractivity contribution in [3.05, 3.63) is 24.3 Å². The quantitative estimate of drug-likeness (QED) is 0.921. The van der Waals surface area contributed by atoms with Gasteiger partial charge in [-0.3, -0.25) is 9.59 Å². The molecule has 2 aliphatic carbocycles.